The molecule has 0 aliphatic heterocycles. The van der Waals surface area contributed by atoms with Gasteiger partial charge in [-0.15, -0.1) is 58.5 Å². The van der Waals surface area contributed by atoms with Crippen LogP contribution in [0.2, 0.25) is 0 Å². The lowest BCUT2D eigenvalue weighted by Gasteiger charge is -2.33. The van der Waals surface area contributed by atoms with E-state index in [0.29, 0.717) is 12.3 Å². The van der Waals surface area contributed by atoms with Crippen molar-refractivity contribution in [1.29, 1.82) is 0 Å². The van der Waals surface area contributed by atoms with Crippen molar-refractivity contribution in [3.8, 4) is 78.1 Å². The highest BCUT2D eigenvalue weighted by Crippen LogP contribution is 2.57. The van der Waals surface area contributed by atoms with Crippen molar-refractivity contribution >= 4 is 51.3 Å². The Morgan fingerprint density at radius 3 is 1.26 bits per heavy atom. The first kappa shape index (κ1) is 64.4. The third kappa shape index (κ3) is 17.2. The van der Waals surface area contributed by atoms with E-state index in [2.05, 4.69) is 174 Å². The number of hydrogen-bond donors (Lipinski definition) is 0. The van der Waals surface area contributed by atoms with Gasteiger partial charge in [0.1, 0.15) is 11.9 Å². The van der Waals surface area contributed by atoms with Gasteiger partial charge in [0, 0.05) is 50.9 Å². The maximum Gasteiger partial charge on any atom is 0.306 e. The van der Waals surface area contributed by atoms with Crippen molar-refractivity contribution in [1.82, 2.24) is 0 Å². The standard InChI is InChI=1S/C79H92O3S4/c1-7-13-15-17-24-28-52-79(53-29-25-18-16-14-8-2)68-56-62(72-46-50-76(85-72)74-48-44-70(83-74)60-34-32-59(33-35-60)55-58(9-3)10-4)38-42-66(68)67-43-39-63(57-69(67)79)73-47-51-77(86-73)75-49-45-71(84-75)61-36-40-65(41-37-61)81-54-30-26-22-20-19-21-23-27-31-78(80)82-64(11-5)12-6/h9-12,32-51,56-58,64H,3-8,13-31,52-55H2,1-2H3. The Hall–Kier alpha value is -6.09. The van der Waals surface area contributed by atoms with E-state index in [1.807, 2.05) is 57.5 Å². The maximum atomic E-state index is 12.0. The van der Waals surface area contributed by atoms with Gasteiger partial charge in [0.2, 0.25) is 0 Å². The SMILES string of the molecule is C=CC(C=C)Cc1ccc(-c2ccc(-c3ccc(-c4ccc5c(c4)C(CCCCCCCC)(CCCCCCCC)c4cc(-c6ccc(-c7ccc(-c8ccc(OCCCCCCCCCCC(=O)OC(C=C)C=C)cc8)s7)s6)ccc4-5)s3)s2)cc1. The van der Waals surface area contributed by atoms with Crippen molar-refractivity contribution in [2.75, 3.05) is 6.61 Å². The lowest BCUT2D eigenvalue weighted by Crippen LogP contribution is -2.25. The van der Waals surface area contributed by atoms with Crippen LogP contribution >= 0.6 is 45.3 Å². The average Bonchev–Trinajstić information content (AvgIpc) is 1.61. The number of thiophene rings is 4. The van der Waals surface area contributed by atoms with Gasteiger partial charge >= 0.3 is 5.97 Å². The molecule has 4 aromatic carbocycles. The fraction of sp³-hybridized carbons (Fsp3) is 0.380. The molecule has 8 aromatic rings. The predicted octanol–water partition coefficient (Wildman–Crippen LogP) is 25.4. The molecule has 0 amide bonds. The molecule has 1 aliphatic rings. The molecule has 0 saturated carbocycles. The first-order chi connectivity index (χ1) is 42.3. The van der Waals surface area contributed by atoms with Crippen LogP contribution in [0.15, 0.2) is 184 Å². The summed E-state index contributed by atoms with van der Waals surface area (Å²) in [5, 5.41) is 0. The lowest BCUT2D eigenvalue weighted by molar-refractivity contribution is -0.145. The summed E-state index contributed by atoms with van der Waals surface area (Å²) in [4.78, 5) is 22.5. The highest BCUT2D eigenvalue weighted by atomic mass is 32.1. The maximum absolute atomic E-state index is 12.0. The van der Waals surface area contributed by atoms with Gasteiger partial charge in [-0.25, -0.2) is 0 Å². The minimum atomic E-state index is -0.392. The Bertz CT molecular complexity index is 3380. The predicted molar refractivity (Wildman–Crippen MR) is 378 cm³/mol. The van der Waals surface area contributed by atoms with E-state index in [9.17, 15) is 4.79 Å². The van der Waals surface area contributed by atoms with Crippen LogP contribution in [0.1, 0.15) is 178 Å². The third-order valence-electron chi connectivity index (χ3n) is 17.5. The minimum absolute atomic E-state index is 0.0308. The fourth-order valence-electron chi connectivity index (χ4n) is 12.5. The normalized spacial score (nSPS) is 12.4. The fourth-order valence-corrected chi connectivity index (χ4v) is 16.7. The van der Waals surface area contributed by atoms with Crippen LogP contribution < -0.4 is 4.74 Å². The summed E-state index contributed by atoms with van der Waals surface area (Å²) in [6, 6.07) is 51.4. The molecule has 4 heterocycles. The van der Waals surface area contributed by atoms with Crippen LogP contribution in [0.3, 0.4) is 0 Å². The van der Waals surface area contributed by atoms with Crippen molar-refractivity contribution in [2.45, 2.75) is 179 Å². The van der Waals surface area contributed by atoms with Crippen LogP contribution in [0.5, 0.6) is 5.75 Å². The molecule has 0 unspecified atom stereocenters. The summed E-state index contributed by atoms with van der Waals surface area (Å²) in [6.45, 7) is 20.7. The van der Waals surface area contributed by atoms with Crippen molar-refractivity contribution in [3.63, 3.8) is 0 Å². The van der Waals surface area contributed by atoms with E-state index >= 15 is 0 Å². The molecule has 0 spiro atoms. The molecule has 0 saturated heterocycles. The number of allylic oxidation sites excluding steroid dienone is 2. The Kier molecular flexibility index (Phi) is 24.9. The Labute approximate surface area is 532 Å². The van der Waals surface area contributed by atoms with Gasteiger partial charge < -0.3 is 9.47 Å². The largest absolute Gasteiger partial charge is 0.494 e. The summed E-state index contributed by atoms with van der Waals surface area (Å²) in [7, 11) is 0. The first-order valence-corrected chi connectivity index (χ1v) is 35.8. The highest BCUT2D eigenvalue weighted by molar-refractivity contribution is 7.25. The van der Waals surface area contributed by atoms with Gasteiger partial charge in [-0.05, 0) is 185 Å². The van der Waals surface area contributed by atoms with Crippen LogP contribution in [0.4, 0.5) is 0 Å². The molecule has 7 heteroatoms. The molecule has 4 aromatic heterocycles. The molecule has 3 nitrogen and oxygen atoms in total. The number of hydrogen-bond acceptors (Lipinski definition) is 7. The molecule has 9 rings (SSSR count). The van der Waals surface area contributed by atoms with E-state index in [-0.39, 0.29) is 11.4 Å². The van der Waals surface area contributed by atoms with E-state index in [1.165, 1.54) is 194 Å². The average molecular weight is 1220 g/mol. The third-order valence-corrected chi connectivity index (χ3v) is 22.4. The molecular formula is C79H92O3S4. The van der Waals surface area contributed by atoms with Gasteiger partial charge in [-0.1, -0.05) is 203 Å². The Balaban J connectivity index is 0.867. The number of carbonyl (C=O) groups excluding carboxylic acids is 1. The topological polar surface area (TPSA) is 35.5 Å². The van der Waals surface area contributed by atoms with E-state index in [1.54, 1.807) is 23.3 Å². The number of unbranched alkanes of at least 4 members (excludes halogenated alkanes) is 17. The molecule has 0 bridgehead atoms. The number of ether oxygens (including phenoxy) is 2. The van der Waals surface area contributed by atoms with Crippen molar-refractivity contribution in [3.05, 3.63) is 201 Å². The van der Waals surface area contributed by atoms with E-state index in [4.69, 9.17) is 9.47 Å². The van der Waals surface area contributed by atoms with Crippen LogP contribution in [0, 0.1) is 5.92 Å². The molecule has 450 valence electrons. The summed E-state index contributed by atoms with van der Waals surface area (Å²) in [5.41, 5.74) is 12.5. The van der Waals surface area contributed by atoms with Gasteiger partial charge in [0.15, 0.2) is 0 Å². The number of fused-ring (bicyclic) bond motifs is 3. The molecule has 86 heavy (non-hydrogen) atoms. The van der Waals surface area contributed by atoms with Crippen LogP contribution in [0.25, 0.3) is 72.4 Å². The lowest BCUT2D eigenvalue weighted by atomic mass is 9.70. The Morgan fingerprint density at radius 2 is 0.814 bits per heavy atom. The van der Waals surface area contributed by atoms with Crippen LogP contribution in [-0.2, 0) is 21.4 Å². The summed E-state index contributed by atoms with van der Waals surface area (Å²) in [6.07, 6.45) is 35.1. The zero-order valence-corrected chi connectivity index (χ0v) is 54.8. The smallest absolute Gasteiger partial charge is 0.306 e. The quantitative estimate of drug-likeness (QED) is 0.0219. The monoisotopic (exact) mass is 1220 g/mol. The molecular weight excluding hydrogens is 1130 g/mol. The number of benzene rings is 4. The molecule has 1 aliphatic carbocycles. The molecule has 0 fully saturated rings. The second-order valence-corrected chi connectivity index (χ2v) is 28.0. The van der Waals surface area contributed by atoms with Gasteiger partial charge in [0.05, 0.1) is 6.61 Å². The van der Waals surface area contributed by atoms with E-state index in [0.717, 1.165) is 44.5 Å². The van der Waals surface area contributed by atoms with Crippen molar-refractivity contribution < 1.29 is 14.3 Å². The zero-order chi connectivity index (χ0) is 59.9. The zero-order valence-electron chi connectivity index (χ0n) is 51.5. The van der Waals surface area contributed by atoms with Gasteiger partial charge in [-0.3, -0.25) is 4.79 Å². The van der Waals surface area contributed by atoms with Crippen LogP contribution in [-0.4, -0.2) is 18.7 Å². The van der Waals surface area contributed by atoms with Gasteiger partial charge in [0.25, 0.3) is 0 Å². The molecule has 0 radical (unpaired) electrons. The summed E-state index contributed by atoms with van der Waals surface area (Å²) >= 11 is 7.64. The van der Waals surface area contributed by atoms with E-state index < -0.39 is 6.10 Å². The number of rotatable bonds is 39. The Morgan fingerprint density at radius 1 is 0.430 bits per heavy atom. The second-order valence-electron chi connectivity index (χ2n) is 23.7. The van der Waals surface area contributed by atoms with Crippen molar-refractivity contribution in [2.24, 2.45) is 5.92 Å². The minimum Gasteiger partial charge on any atom is -0.494 e. The highest BCUT2D eigenvalue weighted by Gasteiger charge is 2.43. The number of carbonyl (C=O) groups is 1. The molecule has 0 N–H and O–H groups in total. The molecule has 0 atom stereocenters. The summed E-state index contributed by atoms with van der Waals surface area (Å²) in [5.74, 6) is 1.05. The van der Waals surface area contributed by atoms with Gasteiger partial charge in [-0.2, -0.15) is 0 Å². The second kappa shape index (κ2) is 33.3. The summed E-state index contributed by atoms with van der Waals surface area (Å²) < 4.78 is 11.5. The first-order valence-electron chi connectivity index (χ1n) is 32.5. The number of esters is 1.